The summed E-state index contributed by atoms with van der Waals surface area (Å²) in [5.74, 6) is -0.388. The van der Waals surface area contributed by atoms with E-state index in [1.165, 1.54) is 4.31 Å². The summed E-state index contributed by atoms with van der Waals surface area (Å²) in [5, 5.41) is 4.07. The zero-order chi connectivity index (χ0) is 20.1. The summed E-state index contributed by atoms with van der Waals surface area (Å²) in [6, 6.07) is 13.8. The number of rotatable bonds is 7. The number of nitrogens with one attached hydrogen (secondary N) is 1. The molecule has 0 saturated heterocycles. The standard InChI is InChI=1S/C20H20BrN3O3S/c1-2-12-24(14-20(25)23-17-8-6-16(21)7-9-17)28(26,27)19-5-3-4-15-13-22-11-10-18(15)19/h3-11,13H,2,12,14H2,1H3,(H,23,25). The Kier molecular flexibility index (Phi) is 6.43. The number of benzene rings is 2. The van der Waals surface area contributed by atoms with Crippen molar-refractivity contribution in [2.24, 2.45) is 0 Å². The Bertz CT molecular complexity index is 1080. The highest BCUT2D eigenvalue weighted by atomic mass is 79.9. The minimum atomic E-state index is -3.85. The van der Waals surface area contributed by atoms with Crippen LogP contribution in [-0.4, -0.2) is 36.7 Å². The van der Waals surface area contributed by atoms with Gasteiger partial charge in [-0.2, -0.15) is 4.31 Å². The highest BCUT2D eigenvalue weighted by Gasteiger charge is 2.27. The first kappa shape index (κ1) is 20.4. The number of hydrogen-bond donors (Lipinski definition) is 1. The van der Waals surface area contributed by atoms with Gasteiger partial charge in [0.2, 0.25) is 15.9 Å². The van der Waals surface area contributed by atoms with E-state index >= 15 is 0 Å². The van der Waals surface area contributed by atoms with Crippen molar-refractivity contribution >= 4 is 48.3 Å². The molecule has 6 nitrogen and oxygen atoms in total. The fourth-order valence-corrected chi connectivity index (χ4v) is 4.85. The number of carbonyl (C=O) groups is 1. The lowest BCUT2D eigenvalue weighted by molar-refractivity contribution is -0.116. The summed E-state index contributed by atoms with van der Waals surface area (Å²) in [5.41, 5.74) is 0.610. The van der Waals surface area contributed by atoms with Gasteiger partial charge in [-0.15, -0.1) is 0 Å². The van der Waals surface area contributed by atoms with Gasteiger partial charge < -0.3 is 5.32 Å². The molecule has 28 heavy (non-hydrogen) atoms. The molecule has 3 aromatic rings. The average Bonchev–Trinajstić information content (AvgIpc) is 2.69. The van der Waals surface area contributed by atoms with Crippen LogP contribution in [0.1, 0.15) is 13.3 Å². The molecule has 1 amide bonds. The van der Waals surface area contributed by atoms with Gasteiger partial charge in [0.05, 0.1) is 11.4 Å². The number of amides is 1. The molecule has 0 fully saturated rings. The van der Waals surface area contributed by atoms with E-state index in [0.717, 1.165) is 9.86 Å². The van der Waals surface area contributed by atoms with Crippen molar-refractivity contribution in [1.29, 1.82) is 0 Å². The molecule has 3 rings (SSSR count). The number of carbonyl (C=O) groups excluding carboxylic acids is 1. The van der Waals surface area contributed by atoms with E-state index in [0.29, 0.717) is 17.5 Å². The third kappa shape index (κ3) is 4.57. The van der Waals surface area contributed by atoms with Crippen molar-refractivity contribution in [1.82, 2.24) is 9.29 Å². The summed E-state index contributed by atoms with van der Waals surface area (Å²) in [6.07, 6.45) is 3.78. The summed E-state index contributed by atoms with van der Waals surface area (Å²) < 4.78 is 28.7. The zero-order valence-electron chi connectivity index (χ0n) is 15.3. The zero-order valence-corrected chi connectivity index (χ0v) is 17.7. The van der Waals surface area contributed by atoms with Crippen LogP contribution in [0.15, 0.2) is 70.3 Å². The van der Waals surface area contributed by atoms with Gasteiger partial charge in [-0.05, 0) is 42.8 Å². The van der Waals surface area contributed by atoms with Crippen LogP contribution < -0.4 is 5.32 Å². The Hall–Kier alpha value is -2.29. The molecule has 8 heteroatoms. The Labute approximate surface area is 172 Å². The minimum absolute atomic E-state index is 0.178. The molecule has 0 spiro atoms. The van der Waals surface area contributed by atoms with Crippen LogP contribution in [0, 0.1) is 0 Å². The van der Waals surface area contributed by atoms with Gasteiger partial charge >= 0.3 is 0 Å². The topological polar surface area (TPSA) is 79.4 Å². The first-order valence-corrected chi connectivity index (χ1v) is 11.0. The van der Waals surface area contributed by atoms with Gasteiger partial charge in [0.1, 0.15) is 0 Å². The maximum atomic E-state index is 13.3. The highest BCUT2D eigenvalue weighted by Crippen LogP contribution is 2.25. The third-order valence-corrected chi connectivity index (χ3v) is 6.61. The van der Waals surface area contributed by atoms with E-state index in [9.17, 15) is 13.2 Å². The van der Waals surface area contributed by atoms with Gasteiger partial charge in [0.15, 0.2) is 0 Å². The normalized spacial score (nSPS) is 11.7. The van der Waals surface area contributed by atoms with Crippen LogP contribution >= 0.6 is 15.9 Å². The van der Waals surface area contributed by atoms with Gasteiger partial charge in [-0.1, -0.05) is 35.0 Å². The lowest BCUT2D eigenvalue weighted by Crippen LogP contribution is -2.38. The predicted octanol–water partition coefficient (Wildman–Crippen LogP) is 4.04. The Morgan fingerprint density at radius 1 is 1.14 bits per heavy atom. The molecule has 0 saturated carbocycles. The number of nitrogens with zero attached hydrogens (tertiary/aromatic N) is 2. The Morgan fingerprint density at radius 2 is 1.89 bits per heavy atom. The average molecular weight is 462 g/mol. The quantitative estimate of drug-likeness (QED) is 0.575. The van der Waals surface area contributed by atoms with Gasteiger partial charge in [-0.25, -0.2) is 8.42 Å². The SMILES string of the molecule is CCCN(CC(=O)Nc1ccc(Br)cc1)S(=O)(=O)c1cccc2cnccc12. The maximum Gasteiger partial charge on any atom is 0.244 e. The molecule has 0 radical (unpaired) electrons. The smallest absolute Gasteiger partial charge is 0.244 e. The molecule has 0 aliphatic rings. The molecule has 0 unspecified atom stereocenters. The molecule has 0 bridgehead atoms. The maximum absolute atomic E-state index is 13.3. The second-order valence-electron chi connectivity index (χ2n) is 6.25. The third-order valence-electron chi connectivity index (χ3n) is 4.18. The van der Waals surface area contributed by atoms with Crippen molar-refractivity contribution in [2.45, 2.75) is 18.2 Å². The molecule has 2 aromatic carbocycles. The number of anilines is 1. The van der Waals surface area contributed by atoms with Crippen LogP contribution in [0.5, 0.6) is 0 Å². The van der Waals surface area contributed by atoms with E-state index in [1.54, 1.807) is 54.9 Å². The van der Waals surface area contributed by atoms with Crippen LogP contribution in [0.25, 0.3) is 10.8 Å². The van der Waals surface area contributed by atoms with Gasteiger partial charge in [-0.3, -0.25) is 9.78 Å². The first-order valence-electron chi connectivity index (χ1n) is 8.80. The van der Waals surface area contributed by atoms with Crippen molar-refractivity contribution in [3.8, 4) is 0 Å². The number of fused-ring (bicyclic) bond motifs is 1. The second kappa shape index (κ2) is 8.81. The van der Waals surface area contributed by atoms with E-state index in [4.69, 9.17) is 0 Å². The second-order valence-corrected chi connectivity index (χ2v) is 9.07. The van der Waals surface area contributed by atoms with E-state index in [1.807, 2.05) is 13.0 Å². The fraction of sp³-hybridized carbons (Fsp3) is 0.200. The monoisotopic (exact) mass is 461 g/mol. The van der Waals surface area contributed by atoms with Crippen molar-refractivity contribution in [3.63, 3.8) is 0 Å². The highest BCUT2D eigenvalue weighted by molar-refractivity contribution is 9.10. The fourth-order valence-electron chi connectivity index (χ4n) is 2.88. The number of sulfonamides is 1. The van der Waals surface area contributed by atoms with Crippen molar-refractivity contribution in [2.75, 3.05) is 18.4 Å². The van der Waals surface area contributed by atoms with Crippen LogP contribution in [0.3, 0.4) is 0 Å². The summed E-state index contributed by atoms with van der Waals surface area (Å²) in [6.45, 7) is 1.87. The molecule has 0 aliphatic carbocycles. The first-order chi connectivity index (χ1) is 13.4. The Balaban J connectivity index is 1.87. The van der Waals surface area contributed by atoms with E-state index < -0.39 is 10.0 Å². The number of pyridine rings is 1. The Morgan fingerprint density at radius 3 is 2.61 bits per heavy atom. The minimum Gasteiger partial charge on any atom is -0.325 e. The van der Waals surface area contributed by atoms with Crippen LogP contribution in [-0.2, 0) is 14.8 Å². The molecular weight excluding hydrogens is 442 g/mol. The summed E-state index contributed by atoms with van der Waals surface area (Å²) in [4.78, 5) is 16.7. The molecule has 1 aromatic heterocycles. The molecular formula is C20H20BrN3O3S. The lowest BCUT2D eigenvalue weighted by atomic mass is 10.2. The largest absolute Gasteiger partial charge is 0.325 e. The van der Waals surface area contributed by atoms with Gasteiger partial charge in [0.25, 0.3) is 0 Å². The van der Waals surface area contributed by atoms with Crippen LogP contribution in [0.4, 0.5) is 5.69 Å². The van der Waals surface area contributed by atoms with E-state index in [-0.39, 0.29) is 23.9 Å². The van der Waals surface area contributed by atoms with Crippen molar-refractivity contribution in [3.05, 3.63) is 65.4 Å². The lowest BCUT2D eigenvalue weighted by Gasteiger charge is -2.22. The van der Waals surface area contributed by atoms with Crippen LogP contribution in [0.2, 0.25) is 0 Å². The molecule has 0 atom stereocenters. The predicted molar refractivity (Wildman–Crippen MR) is 114 cm³/mol. The number of hydrogen-bond acceptors (Lipinski definition) is 4. The summed E-state index contributed by atoms with van der Waals surface area (Å²) >= 11 is 3.34. The molecule has 1 N–H and O–H groups in total. The molecule has 0 aliphatic heterocycles. The molecule has 1 heterocycles. The summed E-state index contributed by atoms with van der Waals surface area (Å²) in [7, 11) is -3.85. The number of aromatic nitrogens is 1. The molecule has 146 valence electrons. The number of halogens is 1. The van der Waals surface area contributed by atoms with Crippen molar-refractivity contribution < 1.29 is 13.2 Å². The van der Waals surface area contributed by atoms with Gasteiger partial charge in [0, 0.05) is 39.9 Å². The van der Waals surface area contributed by atoms with E-state index in [2.05, 4.69) is 26.2 Å².